The number of aryl methyl sites for hydroxylation is 1. The molecule has 1 atom stereocenters. The minimum absolute atomic E-state index is 0.0425. The van der Waals surface area contributed by atoms with Crippen LogP contribution < -0.4 is 9.62 Å². The molecular formula is C25H33Cl2N3O4S. The predicted molar refractivity (Wildman–Crippen MR) is 142 cm³/mol. The molecule has 1 unspecified atom stereocenters. The van der Waals surface area contributed by atoms with Crippen LogP contribution in [0.3, 0.4) is 0 Å². The Balaban J connectivity index is 2.42. The van der Waals surface area contributed by atoms with Crippen molar-refractivity contribution in [2.45, 2.75) is 59.2 Å². The van der Waals surface area contributed by atoms with E-state index in [1.54, 1.807) is 37.3 Å². The number of halogens is 2. The second-order valence-corrected chi connectivity index (χ2v) is 12.2. The normalized spacial score (nSPS) is 12.7. The highest BCUT2D eigenvalue weighted by atomic mass is 35.5. The summed E-state index contributed by atoms with van der Waals surface area (Å²) < 4.78 is 26.3. The van der Waals surface area contributed by atoms with E-state index in [1.165, 1.54) is 4.90 Å². The number of carbonyl (C=O) groups excluding carboxylic acids is 2. The molecule has 7 nitrogen and oxygen atoms in total. The second-order valence-electron chi connectivity index (χ2n) is 9.47. The fourth-order valence-electron chi connectivity index (χ4n) is 3.40. The predicted octanol–water partition coefficient (Wildman–Crippen LogP) is 4.65. The molecule has 0 aliphatic heterocycles. The van der Waals surface area contributed by atoms with Crippen molar-refractivity contribution in [3.05, 3.63) is 63.6 Å². The zero-order chi connectivity index (χ0) is 26.6. The Kier molecular flexibility index (Phi) is 9.62. The van der Waals surface area contributed by atoms with Gasteiger partial charge in [-0.1, -0.05) is 48.3 Å². The van der Waals surface area contributed by atoms with E-state index in [1.807, 2.05) is 39.8 Å². The van der Waals surface area contributed by atoms with Gasteiger partial charge in [-0.2, -0.15) is 0 Å². The maximum absolute atomic E-state index is 13.5. The van der Waals surface area contributed by atoms with Crippen molar-refractivity contribution in [3.63, 3.8) is 0 Å². The number of nitrogens with zero attached hydrogens (tertiary/aromatic N) is 2. The van der Waals surface area contributed by atoms with E-state index < -0.39 is 34.1 Å². The molecule has 2 aromatic carbocycles. The van der Waals surface area contributed by atoms with Crippen LogP contribution in [0, 0.1) is 0 Å². The van der Waals surface area contributed by atoms with Gasteiger partial charge in [-0.3, -0.25) is 13.9 Å². The van der Waals surface area contributed by atoms with Gasteiger partial charge >= 0.3 is 0 Å². The molecule has 10 heteroatoms. The smallest absolute Gasteiger partial charge is 0.244 e. The van der Waals surface area contributed by atoms with Crippen LogP contribution in [0.5, 0.6) is 0 Å². The molecule has 0 bridgehead atoms. The molecule has 0 aromatic heterocycles. The maximum atomic E-state index is 13.5. The molecule has 0 radical (unpaired) electrons. The SMILES string of the molecule is CCc1ccc(N(CC(=O)N(Cc2ccc(Cl)c(Cl)c2)C(C)C(=O)NC(C)(C)C)S(C)(=O)=O)cc1. The topological polar surface area (TPSA) is 86.8 Å². The molecule has 1 N–H and O–H groups in total. The monoisotopic (exact) mass is 541 g/mol. The van der Waals surface area contributed by atoms with Crippen LogP contribution in [0.25, 0.3) is 0 Å². The quantitative estimate of drug-likeness (QED) is 0.500. The summed E-state index contributed by atoms with van der Waals surface area (Å²) in [4.78, 5) is 27.8. The maximum Gasteiger partial charge on any atom is 0.244 e. The van der Waals surface area contributed by atoms with Gasteiger partial charge in [-0.25, -0.2) is 8.42 Å². The van der Waals surface area contributed by atoms with Crippen molar-refractivity contribution in [3.8, 4) is 0 Å². The summed E-state index contributed by atoms with van der Waals surface area (Å²) in [5, 5.41) is 3.56. The zero-order valence-electron chi connectivity index (χ0n) is 20.9. The molecule has 0 aliphatic carbocycles. The van der Waals surface area contributed by atoms with Gasteiger partial charge in [0.05, 0.1) is 22.0 Å². The lowest BCUT2D eigenvalue weighted by Gasteiger charge is -2.33. The molecule has 0 heterocycles. The van der Waals surface area contributed by atoms with Gasteiger partial charge in [0.2, 0.25) is 21.8 Å². The number of carbonyl (C=O) groups is 2. The van der Waals surface area contributed by atoms with Gasteiger partial charge in [-0.15, -0.1) is 0 Å². The first-order valence-corrected chi connectivity index (χ1v) is 13.8. The standard InChI is InChI=1S/C25H33Cl2N3O4S/c1-7-18-8-11-20(12-9-18)30(35(6,33)34)16-23(31)29(17(2)24(32)28-25(3,4)5)15-19-10-13-21(26)22(27)14-19/h8-14,17H,7,15-16H2,1-6H3,(H,28,32). The number of amides is 2. The van der Waals surface area contributed by atoms with Gasteiger partial charge in [-0.05, 0) is 69.5 Å². The number of hydrogen-bond donors (Lipinski definition) is 1. The molecule has 2 aromatic rings. The molecular weight excluding hydrogens is 509 g/mol. The summed E-state index contributed by atoms with van der Waals surface area (Å²) in [6, 6.07) is 11.1. The first kappa shape index (κ1) is 28.9. The Morgan fingerprint density at radius 2 is 1.57 bits per heavy atom. The molecule has 2 amide bonds. The molecule has 2 rings (SSSR count). The van der Waals surface area contributed by atoms with Gasteiger partial charge in [0.15, 0.2) is 0 Å². The minimum Gasteiger partial charge on any atom is -0.350 e. The average molecular weight is 543 g/mol. The lowest BCUT2D eigenvalue weighted by molar-refractivity contribution is -0.140. The third-order valence-corrected chi connectivity index (χ3v) is 7.19. The van der Waals surface area contributed by atoms with Crippen molar-refractivity contribution in [1.82, 2.24) is 10.2 Å². The van der Waals surface area contributed by atoms with Crippen molar-refractivity contribution >= 4 is 50.7 Å². The van der Waals surface area contributed by atoms with Crippen molar-refractivity contribution in [2.75, 3.05) is 17.1 Å². The number of rotatable bonds is 9. The molecule has 0 saturated carbocycles. The summed E-state index contributed by atoms with van der Waals surface area (Å²) in [6.07, 6.45) is 1.85. The summed E-state index contributed by atoms with van der Waals surface area (Å²) >= 11 is 12.2. The number of nitrogens with one attached hydrogen (secondary N) is 1. The van der Waals surface area contributed by atoms with Gasteiger partial charge in [0, 0.05) is 12.1 Å². The van der Waals surface area contributed by atoms with E-state index in [2.05, 4.69) is 5.32 Å². The van der Waals surface area contributed by atoms with Crippen LogP contribution in [0.2, 0.25) is 10.0 Å². The van der Waals surface area contributed by atoms with Crippen LogP contribution >= 0.6 is 23.2 Å². The number of sulfonamides is 1. The third-order valence-electron chi connectivity index (χ3n) is 5.31. The Labute approximate surface area is 218 Å². The van der Waals surface area contributed by atoms with E-state index >= 15 is 0 Å². The Hall–Kier alpha value is -2.29. The van der Waals surface area contributed by atoms with E-state index in [4.69, 9.17) is 23.2 Å². The average Bonchev–Trinajstić information content (AvgIpc) is 2.75. The summed E-state index contributed by atoms with van der Waals surface area (Å²) in [5.41, 5.74) is 1.56. The lowest BCUT2D eigenvalue weighted by atomic mass is 10.1. The summed E-state index contributed by atoms with van der Waals surface area (Å²) in [5.74, 6) is -0.887. The molecule has 0 fully saturated rings. The third kappa shape index (κ3) is 8.40. The number of benzene rings is 2. The number of anilines is 1. The van der Waals surface area contributed by atoms with Crippen LogP contribution in [0.4, 0.5) is 5.69 Å². The van der Waals surface area contributed by atoms with E-state index in [-0.39, 0.29) is 12.5 Å². The van der Waals surface area contributed by atoms with E-state index in [9.17, 15) is 18.0 Å². The van der Waals surface area contributed by atoms with Crippen LogP contribution in [-0.4, -0.2) is 49.5 Å². The van der Waals surface area contributed by atoms with E-state index in [0.29, 0.717) is 21.3 Å². The first-order valence-electron chi connectivity index (χ1n) is 11.2. The van der Waals surface area contributed by atoms with Crippen molar-refractivity contribution in [1.29, 1.82) is 0 Å². The van der Waals surface area contributed by atoms with Gasteiger partial charge in [0.25, 0.3) is 0 Å². The van der Waals surface area contributed by atoms with Crippen LogP contribution in [-0.2, 0) is 32.6 Å². The van der Waals surface area contributed by atoms with Gasteiger partial charge in [0.1, 0.15) is 12.6 Å². The highest BCUT2D eigenvalue weighted by molar-refractivity contribution is 7.92. The second kappa shape index (κ2) is 11.6. The lowest BCUT2D eigenvalue weighted by Crippen LogP contribution is -2.54. The summed E-state index contributed by atoms with van der Waals surface area (Å²) in [6.45, 7) is 8.71. The first-order chi connectivity index (χ1) is 16.1. The molecule has 0 saturated heterocycles. The fraction of sp³-hybridized carbons (Fsp3) is 0.440. The minimum atomic E-state index is -3.78. The molecule has 0 aliphatic rings. The molecule has 0 spiro atoms. The highest BCUT2D eigenvalue weighted by Gasteiger charge is 2.31. The molecule has 192 valence electrons. The largest absolute Gasteiger partial charge is 0.350 e. The molecule has 35 heavy (non-hydrogen) atoms. The van der Waals surface area contributed by atoms with Crippen LogP contribution in [0.1, 0.15) is 45.7 Å². The Morgan fingerprint density at radius 1 is 1.00 bits per heavy atom. The Morgan fingerprint density at radius 3 is 2.06 bits per heavy atom. The van der Waals surface area contributed by atoms with Gasteiger partial charge < -0.3 is 10.2 Å². The fourth-order valence-corrected chi connectivity index (χ4v) is 4.57. The van der Waals surface area contributed by atoms with Crippen molar-refractivity contribution in [2.24, 2.45) is 0 Å². The summed E-state index contributed by atoms with van der Waals surface area (Å²) in [7, 11) is -3.78. The number of hydrogen-bond acceptors (Lipinski definition) is 4. The van der Waals surface area contributed by atoms with Crippen molar-refractivity contribution < 1.29 is 18.0 Å². The highest BCUT2D eigenvalue weighted by Crippen LogP contribution is 2.25. The van der Waals surface area contributed by atoms with Crippen LogP contribution in [0.15, 0.2) is 42.5 Å². The Bertz CT molecular complexity index is 1160. The van der Waals surface area contributed by atoms with E-state index in [0.717, 1.165) is 22.5 Å². The zero-order valence-corrected chi connectivity index (χ0v) is 23.3.